The minimum Gasteiger partial charge on any atom is -0.481 e. The molecular weight excluding hydrogens is 154 g/mol. The Morgan fingerprint density at radius 1 is 1.50 bits per heavy atom. The van der Waals surface area contributed by atoms with Crippen LogP contribution in [0.15, 0.2) is 18.5 Å². The second-order valence-electron chi connectivity index (χ2n) is 3.09. The van der Waals surface area contributed by atoms with Crippen LogP contribution in [0.2, 0.25) is 0 Å². The van der Waals surface area contributed by atoms with Gasteiger partial charge in [-0.15, -0.1) is 0 Å². The third-order valence-electron chi connectivity index (χ3n) is 2.29. The summed E-state index contributed by atoms with van der Waals surface area (Å²) in [6.45, 7) is 0. The maximum absolute atomic E-state index is 10.6. The molecule has 12 heavy (non-hydrogen) atoms. The van der Waals surface area contributed by atoms with Gasteiger partial charge < -0.3 is 5.11 Å². The van der Waals surface area contributed by atoms with E-state index >= 15 is 0 Å². The zero-order valence-corrected chi connectivity index (χ0v) is 6.53. The summed E-state index contributed by atoms with van der Waals surface area (Å²) in [5.74, 6) is -0.935. The molecule has 1 heterocycles. The number of pyridine rings is 1. The molecule has 1 aromatic heterocycles. The van der Waals surface area contributed by atoms with Gasteiger partial charge in [-0.05, 0) is 30.0 Å². The van der Waals surface area contributed by atoms with Gasteiger partial charge in [0.15, 0.2) is 0 Å². The van der Waals surface area contributed by atoms with Crippen molar-refractivity contribution in [3.8, 4) is 0 Å². The largest absolute Gasteiger partial charge is 0.481 e. The first-order valence-electron chi connectivity index (χ1n) is 3.92. The number of hydrogen-bond donors (Lipinski definition) is 1. The van der Waals surface area contributed by atoms with Gasteiger partial charge in [-0.3, -0.25) is 9.78 Å². The van der Waals surface area contributed by atoms with Crippen molar-refractivity contribution in [1.82, 2.24) is 4.98 Å². The molecule has 0 amide bonds. The summed E-state index contributed by atoms with van der Waals surface area (Å²) in [6, 6.07) is 1.90. The molecule has 1 aromatic rings. The highest BCUT2D eigenvalue weighted by Gasteiger charge is 2.26. The maximum Gasteiger partial charge on any atom is 0.307 e. The van der Waals surface area contributed by atoms with Crippen molar-refractivity contribution >= 4 is 5.97 Å². The van der Waals surface area contributed by atoms with Crippen molar-refractivity contribution in [1.29, 1.82) is 0 Å². The van der Waals surface area contributed by atoms with Crippen LogP contribution in [0.1, 0.15) is 11.1 Å². The first-order valence-corrected chi connectivity index (χ1v) is 3.92. The third-order valence-corrected chi connectivity index (χ3v) is 2.29. The molecule has 0 spiro atoms. The molecule has 1 atom stereocenters. The number of carboxylic acid groups (broad SMARTS) is 1. The smallest absolute Gasteiger partial charge is 0.307 e. The number of fused-ring (bicyclic) bond motifs is 1. The lowest BCUT2D eigenvalue weighted by molar-refractivity contribution is -0.141. The number of rotatable bonds is 1. The molecule has 2 rings (SSSR count). The lowest BCUT2D eigenvalue weighted by Crippen LogP contribution is -2.12. The van der Waals surface area contributed by atoms with Gasteiger partial charge in [-0.25, -0.2) is 0 Å². The van der Waals surface area contributed by atoms with Crippen molar-refractivity contribution in [2.45, 2.75) is 12.8 Å². The molecule has 0 aliphatic heterocycles. The van der Waals surface area contributed by atoms with E-state index in [1.807, 2.05) is 6.07 Å². The topological polar surface area (TPSA) is 50.2 Å². The number of hydrogen-bond acceptors (Lipinski definition) is 2. The monoisotopic (exact) mass is 163 g/mol. The lowest BCUT2D eigenvalue weighted by Gasteiger charge is -1.98. The van der Waals surface area contributed by atoms with E-state index in [0.717, 1.165) is 11.1 Å². The molecule has 1 aliphatic carbocycles. The van der Waals surface area contributed by atoms with Gasteiger partial charge in [0.05, 0.1) is 5.92 Å². The Morgan fingerprint density at radius 3 is 2.92 bits per heavy atom. The van der Waals surface area contributed by atoms with Crippen molar-refractivity contribution in [2.24, 2.45) is 5.92 Å². The van der Waals surface area contributed by atoms with Gasteiger partial charge in [0.2, 0.25) is 0 Å². The van der Waals surface area contributed by atoms with Crippen LogP contribution < -0.4 is 0 Å². The van der Waals surface area contributed by atoms with Crippen LogP contribution in [0.25, 0.3) is 0 Å². The molecule has 1 N–H and O–H groups in total. The van der Waals surface area contributed by atoms with E-state index in [1.54, 1.807) is 12.4 Å². The van der Waals surface area contributed by atoms with Crippen molar-refractivity contribution in [3.63, 3.8) is 0 Å². The number of carboxylic acids is 1. The molecule has 0 aromatic carbocycles. The molecule has 1 aliphatic rings. The summed E-state index contributed by atoms with van der Waals surface area (Å²) in [5, 5.41) is 8.76. The van der Waals surface area contributed by atoms with Gasteiger partial charge in [-0.2, -0.15) is 0 Å². The van der Waals surface area contributed by atoms with Crippen molar-refractivity contribution < 1.29 is 9.90 Å². The number of aliphatic carboxylic acids is 1. The summed E-state index contributed by atoms with van der Waals surface area (Å²) < 4.78 is 0. The lowest BCUT2D eigenvalue weighted by atomic mass is 10.1. The number of nitrogens with zero attached hydrogens (tertiary/aromatic N) is 1. The van der Waals surface area contributed by atoms with Gasteiger partial charge in [0.25, 0.3) is 0 Å². The number of carbonyl (C=O) groups is 1. The van der Waals surface area contributed by atoms with Crippen molar-refractivity contribution in [2.75, 3.05) is 0 Å². The first-order chi connectivity index (χ1) is 5.77. The first kappa shape index (κ1) is 7.28. The molecule has 0 saturated heterocycles. The zero-order chi connectivity index (χ0) is 8.55. The fourth-order valence-electron chi connectivity index (χ4n) is 1.62. The predicted octanol–water partition coefficient (Wildman–Crippen LogP) is 0.881. The highest BCUT2D eigenvalue weighted by Crippen LogP contribution is 2.25. The Kier molecular flexibility index (Phi) is 1.57. The average molecular weight is 163 g/mol. The Balaban J connectivity index is 2.27. The van der Waals surface area contributed by atoms with Gasteiger partial charge in [0, 0.05) is 12.4 Å². The molecule has 3 nitrogen and oxygen atoms in total. The normalized spacial score (nSPS) is 20.5. The minimum atomic E-state index is -0.703. The second kappa shape index (κ2) is 2.59. The zero-order valence-electron chi connectivity index (χ0n) is 6.53. The SMILES string of the molecule is O=C(O)C1Cc2ccncc2C1. The van der Waals surface area contributed by atoms with Crippen LogP contribution in [0.5, 0.6) is 0 Å². The Bertz CT molecular complexity index is 297. The highest BCUT2D eigenvalue weighted by atomic mass is 16.4. The Labute approximate surface area is 70.1 Å². The molecule has 0 radical (unpaired) electrons. The molecule has 3 heteroatoms. The molecule has 0 bridgehead atoms. The summed E-state index contributed by atoms with van der Waals surface area (Å²) in [5.41, 5.74) is 2.22. The van der Waals surface area contributed by atoms with Crippen LogP contribution in [-0.4, -0.2) is 16.1 Å². The average Bonchev–Trinajstić information content (AvgIpc) is 2.46. The predicted molar refractivity (Wildman–Crippen MR) is 42.8 cm³/mol. The van der Waals surface area contributed by atoms with E-state index in [1.165, 1.54) is 0 Å². The van der Waals surface area contributed by atoms with Gasteiger partial charge in [-0.1, -0.05) is 0 Å². The molecule has 0 saturated carbocycles. The fourth-order valence-corrected chi connectivity index (χ4v) is 1.62. The number of aromatic nitrogens is 1. The van der Waals surface area contributed by atoms with Gasteiger partial charge in [0.1, 0.15) is 0 Å². The Morgan fingerprint density at radius 2 is 2.25 bits per heavy atom. The van der Waals surface area contributed by atoms with Crippen LogP contribution in [0.3, 0.4) is 0 Å². The molecule has 0 fully saturated rings. The Hall–Kier alpha value is -1.38. The van der Waals surface area contributed by atoms with E-state index < -0.39 is 5.97 Å². The maximum atomic E-state index is 10.6. The van der Waals surface area contributed by atoms with E-state index in [4.69, 9.17) is 5.11 Å². The van der Waals surface area contributed by atoms with E-state index in [0.29, 0.717) is 12.8 Å². The molecule has 1 unspecified atom stereocenters. The highest BCUT2D eigenvalue weighted by molar-refractivity contribution is 5.72. The van der Waals surface area contributed by atoms with Crippen LogP contribution in [-0.2, 0) is 17.6 Å². The molecular formula is C9H9NO2. The third kappa shape index (κ3) is 1.07. The van der Waals surface area contributed by atoms with E-state index in [-0.39, 0.29) is 5.92 Å². The van der Waals surface area contributed by atoms with Crippen LogP contribution >= 0.6 is 0 Å². The van der Waals surface area contributed by atoms with E-state index in [9.17, 15) is 4.79 Å². The van der Waals surface area contributed by atoms with Gasteiger partial charge >= 0.3 is 5.97 Å². The fraction of sp³-hybridized carbons (Fsp3) is 0.333. The second-order valence-corrected chi connectivity index (χ2v) is 3.09. The van der Waals surface area contributed by atoms with Crippen LogP contribution in [0, 0.1) is 5.92 Å². The van der Waals surface area contributed by atoms with E-state index in [2.05, 4.69) is 4.98 Å². The summed E-state index contributed by atoms with van der Waals surface area (Å²) in [4.78, 5) is 14.6. The minimum absolute atomic E-state index is 0.232. The quantitative estimate of drug-likeness (QED) is 0.668. The van der Waals surface area contributed by atoms with Crippen LogP contribution in [0.4, 0.5) is 0 Å². The summed E-state index contributed by atoms with van der Waals surface area (Å²) in [6.07, 6.45) is 4.77. The van der Waals surface area contributed by atoms with Crippen molar-refractivity contribution in [3.05, 3.63) is 29.6 Å². The summed E-state index contributed by atoms with van der Waals surface area (Å²) >= 11 is 0. The molecule has 62 valence electrons. The standard InChI is InChI=1S/C9H9NO2/c11-9(12)7-3-6-1-2-10-5-8(6)4-7/h1-2,5,7H,3-4H2,(H,11,12). The summed E-state index contributed by atoms with van der Waals surface area (Å²) in [7, 11) is 0.